The van der Waals surface area contributed by atoms with E-state index in [4.69, 9.17) is 4.99 Å². The average molecular weight is 358 g/mol. The predicted octanol–water partition coefficient (Wildman–Crippen LogP) is 2.71. The van der Waals surface area contributed by atoms with E-state index >= 15 is 0 Å². The van der Waals surface area contributed by atoms with Crippen LogP contribution >= 0.6 is 0 Å². The van der Waals surface area contributed by atoms with Gasteiger partial charge >= 0.3 is 0 Å². The second-order valence-electron chi connectivity index (χ2n) is 7.75. The third kappa shape index (κ3) is 5.44. The first-order valence-electron chi connectivity index (χ1n) is 10.4. The number of likely N-dealkylation sites (tertiary alicyclic amines) is 2. The van der Waals surface area contributed by atoms with Crippen molar-refractivity contribution in [2.75, 3.05) is 45.8 Å². The van der Waals surface area contributed by atoms with Gasteiger partial charge in [0.1, 0.15) is 0 Å². The van der Waals surface area contributed by atoms with Crippen molar-refractivity contribution >= 4 is 5.96 Å². The van der Waals surface area contributed by atoms with Crippen LogP contribution in [0.25, 0.3) is 0 Å². The van der Waals surface area contributed by atoms with Crippen LogP contribution in [0.15, 0.2) is 23.5 Å². The third-order valence-electron chi connectivity index (χ3n) is 5.66. The van der Waals surface area contributed by atoms with E-state index in [1.807, 2.05) is 12.4 Å². The van der Waals surface area contributed by atoms with Crippen LogP contribution in [0.4, 0.5) is 0 Å². The highest BCUT2D eigenvalue weighted by atomic mass is 15.3. The molecule has 0 spiro atoms. The molecule has 1 atom stereocenters. The summed E-state index contributed by atoms with van der Waals surface area (Å²) in [4.78, 5) is 14.2. The number of hydrogen-bond acceptors (Lipinski definition) is 3. The monoisotopic (exact) mass is 357 g/mol. The summed E-state index contributed by atoms with van der Waals surface area (Å²) in [7, 11) is 0. The number of pyridine rings is 1. The van der Waals surface area contributed by atoms with Gasteiger partial charge in [-0.25, -0.2) is 0 Å². The van der Waals surface area contributed by atoms with E-state index in [0.717, 1.165) is 44.5 Å². The first kappa shape index (κ1) is 19.2. The van der Waals surface area contributed by atoms with Gasteiger partial charge in [0.25, 0.3) is 0 Å². The Kier molecular flexibility index (Phi) is 7.30. The van der Waals surface area contributed by atoms with E-state index in [-0.39, 0.29) is 0 Å². The van der Waals surface area contributed by atoms with Gasteiger partial charge in [-0.2, -0.15) is 0 Å². The van der Waals surface area contributed by atoms with Crippen LogP contribution in [0, 0.1) is 12.8 Å². The minimum Gasteiger partial charge on any atom is -0.357 e. The number of piperidine rings is 1. The normalized spacial score (nSPS) is 22.0. The summed E-state index contributed by atoms with van der Waals surface area (Å²) in [5, 5.41) is 3.50. The Morgan fingerprint density at radius 3 is 2.88 bits per heavy atom. The van der Waals surface area contributed by atoms with Crippen LogP contribution in [0.1, 0.15) is 43.7 Å². The van der Waals surface area contributed by atoms with Gasteiger partial charge in [-0.15, -0.1) is 0 Å². The van der Waals surface area contributed by atoms with Gasteiger partial charge in [0, 0.05) is 45.1 Å². The summed E-state index contributed by atoms with van der Waals surface area (Å²) in [6.45, 7) is 12.2. The van der Waals surface area contributed by atoms with E-state index in [1.165, 1.54) is 56.4 Å². The molecule has 0 saturated carbocycles. The Morgan fingerprint density at radius 1 is 1.27 bits per heavy atom. The Morgan fingerprint density at radius 2 is 2.12 bits per heavy atom. The molecule has 1 aromatic rings. The molecule has 0 radical (unpaired) electrons. The Bertz CT molecular complexity index is 580. The summed E-state index contributed by atoms with van der Waals surface area (Å²) < 4.78 is 0. The van der Waals surface area contributed by atoms with Gasteiger partial charge in [0.2, 0.25) is 0 Å². The molecule has 0 bridgehead atoms. The fourth-order valence-electron chi connectivity index (χ4n) is 4.17. The Labute approximate surface area is 158 Å². The second kappa shape index (κ2) is 9.91. The fourth-order valence-corrected chi connectivity index (χ4v) is 4.17. The summed E-state index contributed by atoms with van der Waals surface area (Å²) in [5.74, 6) is 1.89. The predicted molar refractivity (Wildman–Crippen MR) is 109 cm³/mol. The Hall–Kier alpha value is -1.62. The van der Waals surface area contributed by atoms with Crippen molar-refractivity contribution in [3.63, 3.8) is 0 Å². The number of rotatable bonds is 6. The maximum absolute atomic E-state index is 4.91. The standard InChI is InChI=1S/C21H35N5/c1-3-23-21(24-11-8-20-7-10-22-15-18(20)2)26-14-9-19(17-26)16-25-12-5-4-6-13-25/h7,10,15,19H,3-6,8-9,11-14,16-17H2,1-2H3,(H,23,24). The zero-order valence-corrected chi connectivity index (χ0v) is 16.6. The SMILES string of the molecule is CCNC(=NCCc1ccncc1C)N1CCC(CN2CCCCC2)C1. The summed E-state index contributed by atoms with van der Waals surface area (Å²) in [6, 6.07) is 2.11. The van der Waals surface area contributed by atoms with Crippen molar-refractivity contribution in [2.24, 2.45) is 10.9 Å². The number of guanidine groups is 1. The highest BCUT2D eigenvalue weighted by Gasteiger charge is 2.26. The van der Waals surface area contributed by atoms with Gasteiger partial charge in [0.15, 0.2) is 5.96 Å². The summed E-state index contributed by atoms with van der Waals surface area (Å²) >= 11 is 0. The molecule has 144 valence electrons. The van der Waals surface area contributed by atoms with E-state index < -0.39 is 0 Å². The fraction of sp³-hybridized carbons (Fsp3) is 0.714. The van der Waals surface area contributed by atoms with Gasteiger partial charge in [0.05, 0.1) is 0 Å². The number of nitrogens with zero attached hydrogens (tertiary/aromatic N) is 4. The lowest BCUT2D eigenvalue weighted by Crippen LogP contribution is -2.41. The van der Waals surface area contributed by atoms with E-state index in [1.54, 1.807) is 0 Å². The molecule has 2 aliphatic heterocycles. The van der Waals surface area contributed by atoms with Gasteiger partial charge in [-0.05, 0) is 75.7 Å². The number of hydrogen-bond donors (Lipinski definition) is 1. The second-order valence-corrected chi connectivity index (χ2v) is 7.75. The van der Waals surface area contributed by atoms with Crippen molar-refractivity contribution in [3.05, 3.63) is 29.6 Å². The molecule has 1 aromatic heterocycles. The molecule has 2 aliphatic rings. The van der Waals surface area contributed by atoms with Crippen LogP contribution in [0.2, 0.25) is 0 Å². The molecule has 0 amide bonds. The van der Waals surface area contributed by atoms with Crippen molar-refractivity contribution in [3.8, 4) is 0 Å². The molecule has 0 aromatic carbocycles. The van der Waals surface area contributed by atoms with E-state index in [0.29, 0.717) is 0 Å². The first-order chi connectivity index (χ1) is 12.8. The minimum atomic E-state index is 0.791. The maximum atomic E-state index is 4.91. The molecule has 0 aliphatic carbocycles. The van der Waals surface area contributed by atoms with Crippen LogP contribution < -0.4 is 5.32 Å². The van der Waals surface area contributed by atoms with Crippen molar-refractivity contribution in [1.82, 2.24) is 20.1 Å². The van der Waals surface area contributed by atoms with Crippen LogP contribution in [0.3, 0.4) is 0 Å². The highest BCUT2D eigenvalue weighted by Crippen LogP contribution is 2.20. The average Bonchev–Trinajstić information content (AvgIpc) is 3.12. The molecule has 5 heteroatoms. The van der Waals surface area contributed by atoms with Crippen LogP contribution in [0.5, 0.6) is 0 Å². The molecule has 3 heterocycles. The van der Waals surface area contributed by atoms with Crippen molar-refractivity contribution in [1.29, 1.82) is 0 Å². The minimum absolute atomic E-state index is 0.791. The van der Waals surface area contributed by atoms with E-state index in [9.17, 15) is 0 Å². The number of aliphatic imine (C=N–C) groups is 1. The zero-order chi connectivity index (χ0) is 18.2. The summed E-state index contributed by atoms with van der Waals surface area (Å²) in [6.07, 6.45) is 10.3. The molecule has 5 nitrogen and oxygen atoms in total. The lowest BCUT2D eigenvalue weighted by atomic mass is 10.1. The molecule has 1 unspecified atom stereocenters. The molecule has 26 heavy (non-hydrogen) atoms. The van der Waals surface area contributed by atoms with Gasteiger partial charge in [-0.3, -0.25) is 9.98 Å². The lowest BCUT2D eigenvalue weighted by Gasteiger charge is -2.29. The molecule has 2 saturated heterocycles. The maximum Gasteiger partial charge on any atom is 0.193 e. The van der Waals surface area contributed by atoms with Crippen molar-refractivity contribution in [2.45, 2.75) is 46.0 Å². The largest absolute Gasteiger partial charge is 0.357 e. The number of nitrogens with one attached hydrogen (secondary N) is 1. The highest BCUT2D eigenvalue weighted by molar-refractivity contribution is 5.80. The van der Waals surface area contributed by atoms with Crippen molar-refractivity contribution < 1.29 is 0 Å². The lowest BCUT2D eigenvalue weighted by molar-refractivity contribution is 0.198. The Balaban J connectivity index is 1.51. The third-order valence-corrected chi connectivity index (χ3v) is 5.66. The number of aromatic nitrogens is 1. The molecule has 3 rings (SSSR count). The first-order valence-corrected chi connectivity index (χ1v) is 10.4. The van der Waals surface area contributed by atoms with Crippen LogP contribution in [-0.2, 0) is 6.42 Å². The molecule has 2 fully saturated rings. The smallest absolute Gasteiger partial charge is 0.193 e. The quantitative estimate of drug-likeness (QED) is 0.628. The molecule has 1 N–H and O–H groups in total. The number of aryl methyl sites for hydroxylation is 1. The van der Waals surface area contributed by atoms with Gasteiger partial charge in [-0.1, -0.05) is 6.42 Å². The topological polar surface area (TPSA) is 43.8 Å². The molecular formula is C21H35N5. The van der Waals surface area contributed by atoms with Crippen LogP contribution in [-0.4, -0.2) is 66.6 Å². The summed E-state index contributed by atoms with van der Waals surface area (Å²) in [5.41, 5.74) is 2.61. The zero-order valence-electron chi connectivity index (χ0n) is 16.6. The van der Waals surface area contributed by atoms with Gasteiger partial charge < -0.3 is 15.1 Å². The molecular weight excluding hydrogens is 322 g/mol. The van der Waals surface area contributed by atoms with E-state index in [2.05, 4.69) is 40.0 Å².